The molecule has 3 heteroatoms. The van der Waals surface area contributed by atoms with Crippen LogP contribution in [0, 0.1) is 23.4 Å². The second-order valence-electron chi connectivity index (χ2n) is 8.26. The fraction of sp³-hybridized carbons (Fsp3) is 0.520. The van der Waals surface area contributed by atoms with Gasteiger partial charge in [0.1, 0.15) is 17.5 Å². The molecule has 0 nitrogen and oxygen atoms in total. The van der Waals surface area contributed by atoms with Gasteiger partial charge < -0.3 is 0 Å². The standard InChI is InChI=1S/C25H31F3/c1-2-3-4-5-6-7-19-15-24(27)23(25(28)16-19)13-9-18-8-10-21-17-22(26)12-11-20(21)14-18/h11-12,15-18H,2-10,13-14H2,1H3. The van der Waals surface area contributed by atoms with E-state index < -0.39 is 11.6 Å². The van der Waals surface area contributed by atoms with Crippen molar-refractivity contribution < 1.29 is 13.2 Å². The summed E-state index contributed by atoms with van der Waals surface area (Å²) >= 11 is 0. The molecule has 0 aliphatic heterocycles. The molecule has 152 valence electrons. The van der Waals surface area contributed by atoms with E-state index in [0.29, 0.717) is 12.3 Å². The first kappa shape index (κ1) is 21.0. The SMILES string of the molecule is CCCCCCCc1cc(F)c(CCC2CCc3cc(F)ccc3C2)c(F)c1. The molecule has 1 unspecified atom stereocenters. The Bertz CT molecular complexity index is 758. The van der Waals surface area contributed by atoms with Gasteiger partial charge >= 0.3 is 0 Å². The molecule has 0 bridgehead atoms. The molecule has 0 amide bonds. The highest BCUT2D eigenvalue weighted by atomic mass is 19.1. The topological polar surface area (TPSA) is 0 Å². The summed E-state index contributed by atoms with van der Waals surface area (Å²) in [6, 6.07) is 8.02. The van der Waals surface area contributed by atoms with Crippen LogP contribution in [-0.4, -0.2) is 0 Å². The molecule has 2 aromatic carbocycles. The summed E-state index contributed by atoms with van der Waals surface area (Å²) in [5, 5.41) is 0. The zero-order valence-electron chi connectivity index (χ0n) is 16.9. The van der Waals surface area contributed by atoms with E-state index in [9.17, 15) is 13.2 Å². The molecule has 0 aromatic heterocycles. The van der Waals surface area contributed by atoms with E-state index in [2.05, 4.69) is 6.92 Å². The van der Waals surface area contributed by atoms with Crippen molar-refractivity contribution in [3.8, 4) is 0 Å². The molecule has 0 radical (unpaired) electrons. The molecular weight excluding hydrogens is 357 g/mol. The van der Waals surface area contributed by atoms with Gasteiger partial charge in [-0.2, -0.15) is 0 Å². The van der Waals surface area contributed by atoms with Gasteiger partial charge in [-0.05, 0) is 91.8 Å². The van der Waals surface area contributed by atoms with Crippen molar-refractivity contribution in [1.82, 2.24) is 0 Å². The van der Waals surface area contributed by atoms with Gasteiger partial charge in [-0.25, -0.2) is 13.2 Å². The van der Waals surface area contributed by atoms with Crippen LogP contribution in [0.1, 0.15) is 74.1 Å². The van der Waals surface area contributed by atoms with Crippen LogP contribution in [0.2, 0.25) is 0 Å². The largest absolute Gasteiger partial charge is 0.207 e. The van der Waals surface area contributed by atoms with Crippen molar-refractivity contribution in [2.75, 3.05) is 0 Å². The molecule has 2 aromatic rings. The lowest BCUT2D eigenvalue weighted by Gasteiger charge is -2.24. The van der Waals surface area contributed by atoms with E-state index in [4.69, 9.17) is 0 Å². The predicted molar refractivity (Wildman–Crippen MR) is 109 cm³/mol. The molecule has 0 saturated carbocycles. The molecule has 0 fully saturated rings. The van der Waals surface area contributed by atoms with E-state index in [0.717, 1.165) is 56.1 Å². The van der Waals surface area contributed by atoms with Gasteiger partial charge in [0.15, 0.2) is 0 Å². The van der Waals surface area contributed by atoms with Crippen LogP contribution < -0.4 is 0 Å². The Hall–Kier alpha value is -1.77. The van der Waals surface area contributed by atoms with E-state index in [-0.39, 0.29) is 11.4 Å². The normalized spacial score (nSPS) is 16.2. The minimum absolute atomic E-state index is 0.188. The van der Waals surface area contributed by atoms with E-state index >= 15 is 0 Å². The van der Waals surface area contributed by atoms with Crippen LogP contribution in [0.25, 0.3) is 0 Å². The smallest absolute Gasteiger partial charge is 0.129 e. The van der Waals surface area contributed by atoms with Crippen molar-refractivity contribution in [2.45, 2.75) is 77.6 Å². The molecule has 0 spiro atoms. The number of rotatable bonds is 9. The number of hydrogen-bond acceptors (Lipinski definition) is 0. The minimum atomic E-state index is -0.401. The second kappa shape index (κ2) is 10.1. The highest BCUT2D eigenvalue weighted by molar-refractivity contribution is 5.31. The maximum absolute atomic E-state index is 14.5. The number of halogens is 3. The summed E-state index contributed by atoms with van der Waals surface area (Å²) in [5.41, 5.74) is 3.25. The van der Waals surface area contributed by atoms with Crippen molar-refractivity contribution in [3.63, 3.8) is 0 Å². The van der Waals surface area contributed by atoms with Gasteiger partial charge in [0.05, 0.1) is 0 Å². The summed E-state index contributed by atoms with van der Waals surface area (Å²) in [5.74, 6) is -0.592. The van der Waals surface area contributed by atoms with Gasteiger partial charge in [0.25, 0.3) is 0 Å². The number of benzene rings is 2. The molecule has 1 aliphatic rings. The first-order valence-electron chi connectivity index (χ1n) is 10.8. The highest BCUT2D eigenvalue weighted by Gasteiger charge is 2.20. The molecular formula is C25H31F3. The summed E-state index contributed by atoms with van der Waals surface area (Å²) < 4.78 is 42.3. The van der Waals surface area contributed by atoms with Crippen LogP contribution in [-0.2, 0) is 25.7 Å². The van der Waals surface area contributed by atoms with Crippen LogP contribution >= 0.6 is 0 Å². The second-order valence-corrected chi connectivity index (χ2v) is 8.26. The Morgan fingerprint density at radius 2 is 1.61 bits per heavy atom. The average Bonchev–Trinajstić information content (AvgIpc) is 2.67. The molecule has 0 heterocycles. The molecule has 28 heavy (non-hydrogen) atoms. The van der Waals surface area contributed by atoms with Crippen molar-refractivity contribution in [3.05, 3.63) is 70.0 Å². The predicted octanol–water partition coefficient (Wildman–Crippen LogP) is 7.35. The molecule has 0 saturated heterocycles. The Kier molecular flexibility index (Phi) is 7.58. The lowest BCUT2D eigenvalue weighted by Crippen LogP contribution is -2.15. The third-order valence-electron chi connectivity index (χ3n) is 6.07. The monoisotopic (exact) mass is 388 g/mol. The summed E-state index contributed by atoms with van der Waals surface area (Å²) in [6.45, 7) is 2.18. The van der Waals surface area contributed by atoms with Crippen molar-refractivity contribution >= 4 is 0 Å². The summed E-state index contributed by atoms with van der Waals surface area (Å²) in [6.07, 6.45) is 10.3. The molecule has 1 atom stereocenters. The Labute approximate surface area is 167 Å². The Balaban J connectivity index is 1.54. The van der Waals surface area contributed by atoms with Gasteiger partial charge in [0.2, 0.25) is 0 Å². The van der Waals surface area contributed by atoms with E-state index in [1.807, 2.05) is 6.07 Å². The number of unbranched alkanes of at least 4 members (excludes halogenated alkanes) is 4. The zero-order chi connectivity index (χ0) is 19.9. The fourth-order valence-electron chi connectivity index (χ4n) is 4.37. The summed E-state index contributed by atoms with van der Waals surface area (Å²) in [4.78, 5) is 0. The quantitative estimate of drug-likeness (QED) is 0.394. The third kappa shape index (κ3) is 5.62. The molecule has 3 rings (SSSR count). The van der Waals surface area contributed by atoms with Gasteiger partial charge in [0, 0.05) is 5.56 Å². The minimum Gasteiger partial charge on any atom is -0.207 e. The molecule has 0 N–H and O–H groups in total. The Morgan fingerprint density at radius 1 is 0.857 bits per heavy atom. The van der Waals surface area contributed by atoms with Crippen LogP contribution in [0.3, 0.4) is 0 Å². The fourth-order valence-corrected chi connectivity index (χ4v) is 4.37. The summed E-state index contributed by atoms with van der Waals surface area (Å²) in [7, 11) is 0. The van der Waals surface area contributed by atoms with Crippen molar-refractivity contribution in [1.29, 1.82) is 0 Å². The van der Waals surface area contributed by atoms with Crippen molar-refractivity contribution in [2.24, 2.45) is 5.92 Å². The Morgan fingerprint density at radius 3 is 2.36 bits per heavy atom. The zero-order valence-corrected chi connectivity index (χ0v) is 16.9. The van der Waals surface area contributed by atoms with Gasteiger partial charge in [-0.1, -0.05) is 38.7 Å². The van der Waals surface area contributed by atoms with Crippen LogP contribution in [0.4, 0.5) is 13.2 Å². The number of fused-ring (bicyclic) bond motifs is 1. The maximum atomic E-state index is 14.5. The van der Waals surface area contributed by atoms with Crippen LogP contribution in [0.15, 0.2) is 30.3 Å². The van der Waals surface area contributed by atoms with Gasteiger partial charge in [-0.3, -0.25) is 0 Å². The van der Waals surface area contributed by atoms with E-state index in [1.54, 1.807) is 6.07 Å². The van der Waals surface area contributed by atoms with Gasteiger partial charge in [-0.15, -0.1) is 0 Å². The maximum Gasteiger partial charge on any atom is 0.129 e. The lowest BCUT2D eigenvalue weighted by molar-refractivity contribution is 0.417. The van der Waals surface area contributed by atoms with Crippen LogP contribution in [0.5, 0.6) is 0 Å². The van der Waals surface area contributed by atoms with E-state index in [1.165, 1.54) is 43.0 Å². The lowest BCUT2D eigenvalue weighted by atomic mass is 9.81. The molecule has 1 aliphatic carbocycles. The first-order valence-corrected chi connectivity index (χ1v) is 10.8. The highest BCUT2D eigenvalue weighted by Crippen LogP contribution is 2.30. The number of aryl methyl sites for hydroxylation is 2. The first-order chi connectivity index (χ1) is 13.6. The number of hydrogen-bond donors (Lipinski definition) is 0. The third-order valence-corrected chi connectivity index (χ3v) is 6.07. The average molecular weight is 389 g/mol.